The second-order valence-corrected chi connectivity index (χ2v) is 9.90. The molecule has 3 rings (SSSR count). The molecule has 1 saturated carbocycles. The number of rotatable bonds is 13. The van der Waals surface area contributed by atoms with Gasteiger partial charge in [0.2, 0.25) is 0 Å². The molecule has 0 saturated heterocycles. The van der Waals surface area contributed by atoms with E-state index in [9.17, 15) is 9.90 Å². The fraction of sp³-hybridized carbons (Fsp3) is 0.516. The van der Waals surface area contributed by atoms with E-state index < -0.39 is 5.97 Å². The minimum atomic E-state index is -0.409. The molecule has 4 nitrogen and oxygen atoms in total. The lowest BCUT2D eigenvalue weighted by atomic mass is 9.77. The van der Waals surface area contributed by atoms with Gasteiger partial charge in [0.1, 0.15) is 19.0 Å². The van der Waals surface area contributed by atoms with E-state index in [1.54, 1.807) is 6.92 Å². The van der Waals surface area contributed by atoms with Gasteiger partial charge in [-0.1, -0.05) is 75.6 Å². The lowest BCUT2D eigenvalue weighted by Gasteiger charge is -2.29. The average Bonchev–Trinajstić information content (AvgIpc) is 2.87. The highest BCUT2D eigenvalue weighted by atomic mass is 16.6. The van der Waals surface area contributed by atoms with Crippen LogP contribution in [0.1, 0.15) is 82.3 Å². The molecule has 0 aliphatic heterocycles. The van der Waals surface area contributed by atoms with E-state index in [1.807, 2.05) is 12.1 Å². The zero-order chi connectivity index (χ0) is 25.0. The van der Waals surface area contributed by atoms with Crippen molar-refractivity contribution in [2.24, 2.45) is 5.92 Å². The number of unbranched alkanes of at least 4 members (excludes halogenated alkanes) is 2. The molecule has 0 amide bonds. The van der Waals surface area contributed by atoms with Crippen LogP contribution in [0.15, 0.2) is 54.6 Å². The summed E-state index contributed by atoms with van der Waals surface area (Å²) in [7, 11) is 0. The number of hydrogen-bond donors (Lipinski definition) is 1. The summed E-state index contributed by atoms with van der Waals surface area (Å²) in [5, 5.41) is 9.34. The number of esters is 1. The van der Waals surface area contributed by atoms with E-state index in [0.29, 0.717) is 17.9 Å². The summed E-state index contributed by atoms with van der Waals surface area (Å²) in [6, 6.07) is 15.0. The molecular weight excluding hydrogens is 436 g/mol. The Morgan fingerprint density at radius 1 is 1.03 bits per heavy atom. The Morgan fingerprint density at radius 2 is 1.77 bits per heavy atom. The largest absolute Gasteiger partial charge is 0.489 e. The van der Waals surface area contributed by atoms with Gasteiger partial charge in [0, 0.05) is 17.7 Å². The van der Waals surface area contributed by atoms with Crippen molar-refractivity contribution >= 4 is 5.97 Å². The Labute approximate surface area is 211 Å². The minimum Gasteiger partial charge on any atom is -0.489 e. The molecule has 35 heavy (non-hydrogen) atoms. The van der Waals surface area contributed by atoms with E-state index in [1.165, 1.54) is 56.9 Å². The summed E-state index contributed by atoms with van der Waals surface area (Å²) in [6.45, 7) is 8.01. The highest BCUT2D eigenvalue weighted by molar-refractivity contribution is 5.86. The Balaban J connectivity index is 1.64. The number of aliphatic hydroxyl groups is 1. The van der Waals surface area contributed by atoms with Crippen molar-refractivity contribution in [2.75, 3.05) is 19.8 Å². The predicted octanol–water partition coefficient (Wildman–Crippen LogP) is 7.24. The van der Waals surface area contributed by atoms with Crippen LogP contribution in [0.2, 0.25) is 0 Å². The molecule has 0 heterocycles. The van der Waals surface area contributed by atoms with Gasteiger partial charge in [0.05, 0.1) is 0 Å². The first-order valence-corrected chi connectivity index (χ1v) is 13.3. The molecule has 1 aliphatic rings. The minimum absolute atomic E-state index is 0.0879. The van der Waals surface area contributed by atoms with Crippen molar-refractivity contribution < 1.29 is 19.4 Å². The fourth-order valence-corrected chi connectivity index (χ4v) is 5.02. The maximum absolute atomic E-state index is 11.6. The SMILES string of the molecule is C=C(C)C(=O)OCCOc1cc(CCO)ccc1-c1ccc(C2CCC(CCCCC)CC2)cc1. The first-order valence-electron chi connectivity index (χ1n) is 13.3. The third-order valence-electron chi connectivity index (χ3n) is 7.12. The normalized spacial score (nSPS) is 17.7. The summed E-state index contributed by atoms with van der Waals surface area (Å²) in [6.07, 6.45) is 11.3. The van der Waals surface area contributed by atoms with Crippen LogP contribution in [0.4, 0.5) is 0 Å². The summed E-state index contributed by atoms with van der Waals surface area (Å²) < 4.78 is 11.2. The van der Waals surface area contributed by atoms with Crippen LogP contribution in [-0.4, -0.2) is 30.9 Å². The molecule has 1 N–H and O–H groups in total. The number of carbonyl (C=O) groups is 1. The monoisotopic (exact) mass is 478 g/mol. The Hall–Kier alpha value is -2.59. The van der Waals surface area contributed by atoms with Crippen LogP contribution >= 0.6 is 0 Å². The van der Waals surface area contributed by atoms with Crippen molar-refractivity contribution in [3.8, 4) is 16.9 Å². The van der Waals surface area contributed by atoms with Crippen molar-refractivity contribution in [1.29, 1.82) is 0 Å². The Morgan fingerprint density at radius 3 is 2.43 bits per heavy atom. The molecular formula is C31H42O4. The molecule has 2 aromatic rings. The van der Waals surface area contributed by atoms with Crippen LogP contribution < -0.4 is 4.74 Å². The summed E-state index contributed by atoms with van der Waals surface area (Å²) in [4.78, 5) is 11.6. The van der Waals surface area contributed by atoms with Gasteiger partial charge >= 0.3 is 5.97 Å². The smallest absolute Gasteiger partial charge is 0.333 e. The predicted molar refractivity (Wildman–Crippen MR) is 143 cm³/mol. The molecule has 0 bridgehead atoms. The number of hydrogen-bond acceptors (Lipinski definition) is 4. The topological polar surface area (TPSA) is 55.8 Å². The summed E-state index contributed by atoms with van der Waals surface area (Å²) in [5.41, 5.74) is 4.93. The first-order chi connectivity index (χ1) is 17.0. The zero-order valence-electron chi connectivity index (χ0n) is 21.6. The zero-order valence-corrected chi connectivity index (χ0v) is 21.6. The fourth-order valence-electron chi connectivity index (χ4n) is 5.02. The second kappa shape index (κ2) is 14.1. The maximum Gasteiger partial charge on any atom is 0.333 e. The number of ether oxygens (including phenoxy) is 2. The molecule has 0 spiro atoms. The van der Waals surface area contributed by atoms with Crippen molar-refractivity contribution in [1.82, 2.24) is 0 Å². The number of carbonyl (C=O) groups excluding carboxylic acids is 1. The maximum atomic E-state index is 11.6. The van der Waals surface area contributed by atoms with Gasteiger partial charge in [-0.15, -0.1) is 0 Å². The third-order valence-corrected chi connectivity index (χ3v) is 7.12. The van der Waals surface area contributed by atoms with Gasteiger partial charge in [-0.05, 0) is 73.6 Å². The lowest BCUT2D eigenvalue weighted by molar-refractivity contribution is -0.139. The molecule has 0 aromatic heterocycles. The average molecular weight is 479 g/mol. The van der Waals surface area contributed by atoms with Crippen molar-refractivity contribution in [3.05, 3.63) is 65.7 Å². The molecule has 1 aliphatic carbocycles. The van der Waals surface area contributed by atoms with Crippen LogP contribution in [0, 0.1) is 5.92 Å². The standard InChI is InChI=1S/C31H42O4/c1-4-5-6-7-24-8-11-26(12-9-24)27-13-15-28(16-14-27)29-17-10-25(18-19-32)22-30(29)34-20-21-35-31(33)23(2)3/h10,13-17,22,24,26,32H,2,4-9,11-12,18-21H2,1,3H3. The van der Waals surface area contributed by atoms with E-state index in [2.05, 4.69) is 43.8 Å². The second-order valence-electron chi connectivity index (χ2n) is 9.90. The summed E-state index contributed by atoms with van der Waals surface area (Å²) >= 11 is 0. The molecule has 190 valence electrons. The molecule has 1 fully saturated rings. The molecule has 0 unspecified atom stereocenters. The van der Waals surface area contributed by atoms with Crippen molar-refractivity contribution in [3.63, 3.8) is 0 Å². The molecule has 2 aromatic carbocycles. The van der Waals surface area contributed by atoms with E-state index in [4.69, 9.17) is 9.47 Å². The Kier molecular flexibility index (Phi) is 10.9. The number of benzene rings is 2. The van der Waals surface area contributed by atoms with Crippen molar-refractivity contribution in [2.45, 2.75) is 77.6 Å². The van der Waals surface area contributed by atoms with Crippen LogP contribution in [0.3, 0.4) is 0 Å². The Bertz CT molecular complexity index is 939. The van der Waals surface area contributed by atoms with E-state index in [-0.39, 0.29) is 19.8 Å². The quantitative estimate of drug-likeness (QED) is 0.187. The van der Waals surface area contributed by atoms with Crippen LogP contribution in [-0.2, 0) is 16.0 Å². The molecule has 0 radical (unpaired) electrons. The number of aliphatic hydroxyl groups excluding tert-OH is 1. The van der Waals surface area contributed by atoms with Gasteiger partial charge in [-0.3, -0.25) is 0 Å². The van der Waals surface area contributed by atoms with E-state index >= 15 is 0 Å². The third kappa shape index (κ3) is 8.24. The van der Waals surface area contributed by atoms with Gasteiger partial charge in [-0.25, -0.2) is 4.79 Å². The van der Waals surface area contributed by atoms with Gasteiger partial charge in [0.15, 0.2) is 0 Å². The van der Waals surface area contributed by atoms with Crippen LogP contribution in [0.25, 0.3) is 11.1 Å². The highest BCUT2D eigenvalue weighted by Crippen LogP contribution is 2.39. The van der Waals surface area contributed by atoms with Gasteiger partial charge in [0.25, 0.3) is 0 Å². The molecule has 0 atom stereocenters. The van der Waals surface area contributed by atoms with Gasteiger partial charge < -0.3 is 14.6 Å². The van der Waals surface area contributed by atoms with Crippen LogP contribution in [0.5, 0.6) is 5.75 Å². The lowest BCUT2D eigenvalue weighted by Crippen LogP contribution is -2.13. The van der Waals surface area contributed by atoms with Gasteiger partial charge in [-0.2, -0.15) is 0 Å². The highest BCUT2D eigenvalue weighted by Gasteiger charge is 2.22. The summed E-state index contributed by atoms with van der Waals surface area (Å²) in [5.74, 6) is 1.91. The van der Waals surface area contributed by atoms with E-state index in [0.717, 1.165) is 28.4 Å². The first kappa shape index (κ1) is 27.0. The molecule has 4 heteroatoms.